The van der Waals surface area contributed by atoms with Crippen LogP contribution in [0.3, 0.4) is 0 Å². The lowest BCUT2D eigenvalue weighted by atomic mass is 10.1. The molecule has 1 unspecified atom stereocenters. The highest BCUT2D eigenvalue weighted by Gasteiger charge is 1.87. The largest absolute Gasteiger partial charge is 0.0917 e. The molecule has 0 aliphatic rings. The van der Waals surface area contributed by atoms with E-state index in [1.807, 2.05) is 6.92 Å². The van der Waals surface area contributed by atoms with Gasteiger partial charge in [0.1, 0.15) is 0 Å². The normalized spacial score (nSPS) is 11.5. The van der Waals surface area contributed by atoms with Crippen LogP contribution >= 0.6 is 0 Å². The van der Waals surface area contributed by atoms with Gasteiger partial charge in [-0.2, -0.15) is 0 Å². The van der Waals surface area contributed by atoms with Gasteiger partial charge >= 0.3 is 0 Å². The average Bonchev–Trinajstić information content (AvgIpc) is 1.66. The van der Waals surface area contributed by atoms with Gasteiger partial charge in [0.05, 0.1) is 0 Å². The van der Waals surface area contributed by atoms with Crippen LogP contribution in [0.5, 0.6) is 0 Å². The van der Waals surface area contributed by atoms with E-state index in [9.17, 15) is 0 Å². The molecular formula is C8H15. The molecule has 0 aliphatic heterocycles. The molecule has 0 nitrogen and oxygen atoms in total. The lowest BCUT2D eigenvalue weighted by molar-refractivity contribution is 0.654. The predicted molar refractivity (Wildman–Crippen MR) is 38.6 cm³/mol. The average molecular weight is 111 g/mol. The highest BCUT2D eigenvalue weighted by Crippen LogP contribution is 2.02. The van der Waals surface area contributed by atoms with E-state index in [0.717, 1.165) is 0 Å². The van der Waals surface area contributed by atoms with E-state index in [-0.39, 0.29) is 0 Å². The van der Waals surface area contributed by atoms with Crippen molar-refractivity contribution >= 4 is 0 Å². The fraction of sp³-hybridized carbons (Fsp3) is 0.625. The van der Waals surface area contributed by atoms with Crippen molar-refractivity contribution in [2.45, 2.75) is 26.7 Å². The summed E-state index contributed by atoms with van der Waals surface area (Å²) in [6, 6.07) is 0. The Kier molecular flexibility index (Phi) is 4.73. The molecular weight excluding hydrogens is 96.1 g/mol. The maximum atomic E-state index is 3.88. The van der Waals surface area contributed by atoms with Gasteiger partial charge in [-0.3, -0.25) is 0 Å². The van der Waals surface area contributed by atoms with Crippen LogP contribution in [0.15, 0.2) is 12.2 Å². The van der Waals surface area contributed by atoms with Crippen molar-refractivity contribution in [1.29, 1.82) is 0 Å². The quantitative estimate of drug-likeness (QED) is 0.491. The van der Waals surface area contributed by atoms with Gasteiger partial charge in [-0.25, -0.2) is 0 Å². The fourth-order valence-electron chi connectivity index (χ4n) is 0.547. The van der Waals surface area contributed by atoms with Crippen molar-refractivity contribution in [3.8, 4) is 0 Å². The lowest BCUT2D eigenvalue weighted by Gasteiger charge is -1.97. The predicted octanol–water partition coefficient (Wildman–Crippen LogP) is 2.81. The lowest BCUT2D eigenvalue weighted by Crippen LogP contribution is -1.83. The van der Waals surface area contributed by atoms with Gasteiger partial charge in [-0.05, 0) is 25.7 Å². The molecule has 0 aromatic rings. The molecule has 0 heteroatoms. The summed E-state index contributed by atoms with van der Waals surface area (Å²) in [4.78, 5) is 0. The second kappa shape index (κ2) is 4.89. The molecule has 1 atom stereocenters. The minimum absolute atomic E-state index is 0.603. The monoisotopic (exact) mass is 111 g/mol. The zero-order chi connectivity index (χ0) is 6.41. The summed E-state index contributed by atoms with van der Waals surface area (Å²) >= 11 is 0. The van der Waals surface area contributed by atoms with Crippen molar-refractivity contribution in [3.05, 3.63) is 19.1 Å². The van der Waals surface area contributed by atoms with Crippen LogP contribution in [-0.2, 0) is 0 Å². The first-order valence-corrected chi connectivity index (χ1v) is 3.21. The first-order chi connectivity index (χ1) is 3.77. The molecule has 0 saturated heterocycles. The Hall–Kier alpha value is -0.260. The summed E-state index contributed by atoms with van der Waals surface area (Å²) < 4.78 is 0. The SMILES string of the molecule is [CH2]C(C)CC/C=C/C. The van der Waals surface area contributed by atoms with E-state index in [4.69, 9.17) is 0 Å². The van der Waals surface area contributed by atoms with Gasteiger partial charge in [0.2, 0.25) is 0 Å². The van der Waals surface area contributed by atoms with Gasteiger partial charge in [-0.15, -0.1) is 0 Å². The molecule has 0 fully saturated rings. The Balaban J connectivity index is 2.93. The van der Waals surface area contributed by atoms with Crippen LogP contribution in [0.1, 0.15) is 26.7 Å². The fourth-order valence-corrected chi connectivity index (χ4v) is 0.547. The number of allylic oxidation sites excluding steroid dienone is 2. The molecule has 8 heavy (non-hydrogen) atoms. The van der Waals surface area contributed by atoms with Gasteiger partial charge < -0.3 is 0 Å². The van der Waals surface area contributed by atoms with Crippen molar-refractivity contribution < 1.29 is 0 Å². The summed E-state index contributed by atoms with van der Waals surface area (Å²) in [5.41, 5.74) is 0. The molecule has 0 saturated carbocycles. The first kappa shape index (κ1) is 7.74. The number of hydrogen-bond acceptors (Lipinski definition) is 0. The first-order valence-electron chi connectivity index (χ1n) is 3.21. The Morgan fingerprint density at radius 1 is 1.62 bits per heavy atom. The van der Waals surface area contributed by atoms with Gasteiger partial charge in [0.25, 0.3) is 0 Å². The third-order valence-corrected chi connectivity index (χ3v) is 1.06. The van der Waals surface area contributed by atoms with Crippen LogP contribution in [-0.4, -0.2) is 0 Å². The van der Waals surface area contributed by atoms with Gasteiger partial charge in [-0.1, -0.05) is 26.0 Å². The standard InChI is InChI=1S/C8H15/c1-4-5-6-7-8(2)3/h4-5,8H,2,6-7H2,1,3H3/b5-4+. The zero-order valence-electron chi connectivity index (χ0n) is 5.85. The van der Waals surface area contributed by atoms with E-state index in [1.54, 1.807) is 0 Å². The number of rotatable bonds is 3. The van der Waals surface area contributed by atoms with Gasteiger partial charge in [0.15, 0.2) is 0 Å². The summed E-state index contributed by atoms with van der Waals surface area (Å²) in [6.45, 7) is 8.07. The van der Waals surface area contributed by atoms with Crippen LogP contribution in [0.25, 0.3) is 0 Å². The van der Waals surface area contributed by atoms with E-state index in [0.29, 0.717) is 5.92 Å². The molecule has 0 amide bonds. The molecule has 47 valence electrons. The van der Waals surface area contributed by atoms with Crippen molar-refractivity contribution in [3.63, 3.8) is 0 Å². The Labute approximate surface area is 52.6 Å². The molecule has 0 N–H and O–H groups in total. The minimum Gasteiger partial charge on any atom is -0.0917 e. The molecule has 0 bridgehead atoms. The molecule has 0 aromatic heterocycles. The topological polar surface area (TPSA) is 0 Å². The molecule has 0 rings (SSSR count). The Morgan fingerprint density at radius 3 is 2.62 bits per heavy atom. The third-order valence-electron chi connectivity index (χ3n) is 1.06. The van der Waals surface area contributed by atoms with E-state index in [2.05, 4.69) is 26.0 Å². The van der Waals surface area contributed by atoms with Crippen LogP contribution in [0.2, 0.25) is 0 Å². The third kappa shape index (κ3) is 5.74. The summed E-state index contributed by atoms with van der Waals surface area (Å²) in [7, 11) is 0. The molecule has 0 aromatic carbocycles. The highest BCUT2D eigenvalue weighted by atomic mass is 13.9. The van der Waals surface area contributed by atoms with E-state index in [1.165, 1.54) is 12.8 Å². The smallest absolute Gasteiger partial charge is 0.0348 e. The Morgan fingerprint density at radius 2 is 2.25 bits per heavy atom. The summed E-state index contributed by atoms with van der Waals surface area (Å²) in [5.74, 6) is 0.603. The van der Waals surface area contributed by atoms with Crippen molar-refractivity contribution in [2.24, 2.45) is 5.92 Å². The maximum absolute atomic E-state index is 3.88. The maximum Gasteiger partial charge on any atom is -0.0348 e. The van der Waals surface area contributed by atoms with E-state index < -0.39 is 0 Å². The minimum atomic E-state index is 0.603. The summed E-state index contributed by atoms with van der Waals surface area (Å²) in [6.07, 6.45) is 6.66. The number of hydrogen-bond donors (Lipinski definition) is 0. The second-order valence-corrected chi connectivity index (χ2v) is 2.25. The second-order valence-electron chi connectivity index (χ2n) is 2.25. The van der Waals surface area contributed by atoms with Crippen molar-refractivity contribution in [2.75, 3.05) is 0 Å². The summed E-state index contributed by atoms with van der Waals surface area (Å²) in [5, 5.41) is 0. The molecule has 0 spiro atoms. The zero-order valence-corrected chi connectivity index (χ0v) is 5.85. The highest BCUT2D eigenvalue weighted by molar-refractivity contribution is 4.77. The van der Waals surface area contributed by atoms with Crippen molar-refractivity contribution in [1.82, 2.24) is 0 Å². The van der Waals surface area contributed by atoms with Crippen LogP contribution < -0.4 is 0 Å². The molecule has 0 aliphatic carbocycles. The molecule has 0 heterocycles. The van der Waals surface area contributed by atoms with Gasteiger partial charge in [0, 0.05) is 0 Å². The van der Waals surface area contributed by atoms with Crippen LogP contribution in [0, 0.1) is 12.8 Å². The van der Waals surface area contributed by atoms with E-state index >= 15 is 0 Å². The Bertz CT molecular complexity index is 60.4. The van der Waals surface area contributed by atoms with Crippen LogP contribution in [0.4, 0.5) is 0 Å². The molecule has 1 radical (unpaired) electrons.